The largest absolute Gasteiger partial charge is 0.508 e. The molecule has 0 amide bonds. The maximum absolute atomic E-state index is 10.5. The van der Waals surface area contributed by atoms with Gasteiger partial charge in [0.2, 0.25) is 0 Å². The summed E-state index contributed by atoms with van der Waals surface area (Å²) in [5.74, 6) is -0.279. The number of anilines is 1. The highest BCUT2D eigenvalue weighted by atomic mass is 16.4. The molecule has 1 atom stereocenters. The molecule has 1 aliphatic rings. The summed E-state index contributed by atoms with van der Waals surface area (Å²) in [6, 6.07) is 5.17. The van der Waals surface area contributed by atoms with E-state index in [0.717, 1.165) is 17.8 Å². The Morgan fingerprint density at radius 3 is 3.07 bits per heavy atom. The highest BCUT2D eigenvalue weighted by Gasteiger charge is 2.22. The second kappa shape index (κ2) is 3.81. The van der Waals surface area contributed by atoms with E-state index < -0.39 is 5.97 Å². The molecule has 0 saturated heterocycles. The lowest BCUT2D eigenvalue weighted by Crippen LogP contribution is -2.05. The standard InChI is InChI=1S/C11H13NO3/c13-8-2-3-9-7(1-4-11(14)15)6-12-10(9)5-8/h2-3,5,7,12-13H,1,4,6H2,(H,14,15). The number of benzene rings is 1. The van der Waals surface area contributed by atoms with Crippen molar-refractivity contribution in [3.05, 3.63) is 23.8 Å². The maximum Gasteiger partial charge on any atom is 0.303 e. The van der Waals surface area contributed by atoms with Crippen molar-refractivity contribution in [1.82, 2.24) is 0 Å². The zero-order valence-corrected chi connectivity index (χ0v) is 8.23. The van der Waals surface area contributed by atoms with Crippen molar-refractivity contribution in [2.24, 2.45) is 0 Å². The Hall–Kier alpha value is -1.71. The molecule has 0 spiro atoms. The zero-order valence-electron chi connectivity index (χ0n) is 8.23. The highest BCUT2D eigenvalue weighted by Crippen LogP contribution is 2.36. The number of hydrogen-bond acceptors (Lipinski definition) is 3. The summed E-state index contributed by atoms with van der Waals surface area (Å²) in [6.45, 7) is 0.756. The highest BCUT2D eigenvalue weighted by molar-refractivity contribution is 5.67. The first kappa shape index (κ1) is 9.83. The molecule has 0 radical (unpaired) electrons. The van der Waals surface area contributed by atoms with Gasteiger partial charge in [-0.15, -0.1) is 0 Å². The van der Waals surface area contributed by atoms with E-state index in [-0.39, 0.29) is 18.1 Å². The molecule has 2 rings (SSSR count). The smallest absolute Gasteiger partial charge is 0.303 e. The van der Waals surface area contributed by atoms with Gasteiger partial charge in [0.1, 0.15) is 5.75 Å². The van der Waals surface area contributed by atoms with Crippen molar-refractivity contribution in [2.45, 2.75) is 18.8 Å². The lowest BCUT2D eigenvalue weighted by Gasteiger charge is -2.07. The number of aromatic hydroxyl groups is 1. The third-order valence-electron chi connectivity index (χ3n) is 2.72. The minimum atomic E-state index is -0.762. The van der Waals surface area contributed by atoms with Gasteiger partial charge in [0.05, 0.1) is 0 Å². The Morgan fingerprint density at radius 2 is 2.33 bits per heavy atom. The van der Waals surface area contributed by atoms with Gasteiger partial charge >= 0.3 is 5.97 Å². The summed E-state index contributed by atoms with van der Waals surface area (Å²) < 4.78 is 0. The van der Waals surface area contributed by atoms with Crippen LogP contribution in [-0.4, -0.2) is 22.7 Å². The number of aliphatic carboxylic acids is 1. The van der Waals surface area contributed by atoms with Crippen molar-refractivity contribution < 1.29 is 15.0 Å². The number of phenolic OH excluding ortho intramolecular Hbond substituents is 1. The van der Waals surface area contributed by atoms with E-state index in [1.807, 2.05) is 6.07 Å². The van der Waals surface area contributed by atoms with Crippen LogP contribution < -0.4 is 5.32 Å². The van der Waals surface area contributed by atoms with Crippen LogP contribution in [0.15, 0.2) is 18.2 Å². The zero-order chi connectivity index (χ0) is 10.8. The van der Waals surface area contributed by atoms with Gasteiger partial charge in [0, 0.05) is 30.6 Å². The van der Waals surface area contributed by atoms with E-state index in [9.17, 15) is 9.90 Å². The molecule has 3 N–H and O–H groups in total. The van der Waals surface area contributed by atoms with Crippen molar-refractivity contribution in [1.29, 1.82) is 0 Å². The molecule has 4 heteroatoms. The molecule has 15 heavy (non-hydrogen) atoms. The maximum atomic E-state index is 10.5. The van der Waals surface area contributed by atoms with Crippen LogP contribution in [-0.2, 0) is 4.79 Å². The molecule has 4 nitrogen and oxygen atoms in total. The van der Waals surface area contributed by atoms with Crippen LogP contribution >= 0.6 is 0 Å². The molecule has 1 heterocycles. The van der Waals surface area contributed by atoms with Crippen molar-refractivity contribution in [2.75, 3.05) is 11.9 Å². The summed E-state index contributed by atoms with van der Waals surface area (Å²) >= 11 is 0. The molecule has 1 unspecified atom stereocenters. The SMILES string of the molecule is O=C(O)CCC1CNc2cc(O)ccc21. The quantitative estimate of drug-likeness (QED) is 0.706. The predicted molar refractivity (Wildman–Crippen MR) is 56.2 cm³/mol. The van der Waals surface area contributed by atoms with E-state index in [2.05, 4.69) is 5.32 Å². The Morgan fingerprint density at radius 1 is 1.53 bits per heavy atom. The van der Waals surface area contributed by atoms with Gasteiger partial charge in [-0.3, -0.25) is 4.79 Å². The van der Waals surface area contributed by atoms with Crippen LogP contribution in [0.3, 0.4) is 0 Å². The fraction of sp³-hybridized carbons (Fsp3) is 0.364. The molecular formula is C11H13NO3. The number of hydrogen-bond donors (Lipinski definition) is 3. The lowest BCUT2D eigenvalue weighted by atomic mass is 9.96. The van der Waals surface area contributed by atoms with Crippen LogP contribution in [0.25, 0.3) is 0 Å². The van der Waals surface area contributed by atoms with E-state index in [4.69, 9.17) is 5.11 Å². The van der Waals surface area contributed by atoms with Gasteiger partial charge in [0.25, 0.3) is 0 Å². The van der Waals surface area contributed by atoms with Gasteiger partial charge in [-0.05, 0) is 18.1 Å². The van der Waals surface area contributed by atoms with E-state index in [1.54, 1.807) is 12.1 Å². The fourth-order valence-corrected chi connectivity index (χ4v) is 1.95. The van der Waals surface area contributed by atoms with Gasteiger partial charge in [-0.25, -0.2) is 0 Å². The topological polar surface area (TPSA) is 69.6 Å². The molecular weight excluding hydrogens is 194 g/mol. The second-order valence-electron chi connectivity index (χ2n) is 3.78. The average Bonchev–Trinajstić information content (AvgIpc) is 2.57. The lowest BCUT2D eigenvalue weighted by molar-refractivity contribution is -0.137. The van der Waals surface area contributed by atoms with Crippen LogP contribution in [0, 0.1) is 0 Å². The van der Waals surface area contributed by atoms with Gasteiger partial charge in [-0.2, -0.15) is 0 Å². The van der Waals surface area contributed by atoms with Crippen molar-refractivity contribution >= 4 is 11.7 Å². The Kier molecular flexibility index (Phi) is 2.49. The van der Waals surface area contributed by atoms with Crippen molar-refractivity contribution in [3.8, 4) is 5.75 Å². The number of carbonyl (C=O) groups is 1. The number of fused-ring (bicyclic) bond motifs is 1. The van der Waals surface area contributed by atoms with Gasteiger partial charge < -0.3 is 15.5 Å². The molecule has 0 aromatic heterocycles. The first-order valence-electron chi connectivity index (χ1n) is 4.95. The Bertz CT molecular complexity index is 389. The van der Waals surface area contributed by atoms with Gasteiger partial charge in [-0.1, -0.05) is 6.07 Å². The number of carboxylic acid groups (broad SMARTS) is 1. The van der Waals surface area contributed by atoms with Crippen LogP contribution in [0.2, 0.25) is 0 Å². The number of carboxylic acids is 1. The Labute approximate surface area is 87.6 Å². The van der Waals surface area contributed by atoms with Crippen LogP contribution in [0.1, 0.15) is 24.3 Å². The third kappa shape index (κ3) is 2.03. The minimum Gasteiger partial charge on any atom is -0.508 e. The monoisotopic (exact) mass is 207 g/mol. The molecule has 1 aromatic rings. The first-order chi connectivity index (χ1) is 7.16. The fourth-order valence-electron chi connectivity index (χ4n) is 1.95. The summed E-state index contributed by atoms with van der Waals surface area (Å²) in [5.41, 5.74) is 2.03. The van der Waals surface area contributed by atoms with E-state index in [0.29, 0.717) is 6.42 Å². The molecule has 80 valence electrons. The van der Waals surface area contributed by atoms with Crippen molar-refractivity contribution in [3.63, 3.8) is 0 Å². The summed E-state index contributed by atoms with van der Waals surface area (Å²) in [5, 5.41) is 21.0. The third-order valence-corrected chi connectivity index (χ3v) is 2.72. The first-order valence-corrected chi connectivity index (χ1v) is 4.95. The second-order valence-corrected chi connectivity index (χ2v) is 3.78. The number of nitrogens with one attached hydrogen (secondary N) is 1. The average molecular weight is 207 g/mol. The number of phenols is 1. The predicted octanol–water partition coefficient (Wildman–Crippen LogP) is 1.77. The molecule has 0 saturated carbocycles. The normalized spacial score (nSPS) is 18.3. The molecule has 1 aromatic carbocycles. The van der Waals surface area contributed by atoms with Crippen LogP contribution in [0.4, 0.5) is 5.69 Å². The Balaban J connectivity index is 2.11. The summed E-state index contributed by atoms with van der Waals surface area (Å²) in [7, 11) is 0. The summed E-state index contributed by atoms with van der Waals surface area (Å²) in [4.78, 5) is 10.5. The van der Waals surface area contributed by atoms with E-state index >= 15 is 0 Å². The molecule has 1 aliphatic heterocycles. The molecule has 0 aliphatic carbocycles. The summed E-state index contributed by atoms with van der Waals surface area (Å²) in [6.07, 6.45) is 0.826. The molecule has 0 bridgehead atoms. The number of rotatable bonds is 3. The van der Waals surface area contributed by atoms with Gasteiger partial charge in [0.15, 0.2) is 0 Å². The molecule has 0 fully saturated rings. The van der Waals surface area contributed by atoms with E-state index in [1.165, 1.54) is 0 Å². The minimum absolute atomic E-state index is 0.187. The van der Waals surface area contributed by atoms with Crippen LogP contribution in [0.5, 0.6) is 5.75 Å².